The Morgan fingerprint density at radius 3 is 2.56 bits per heavy atom. The number of pyridine rings is 2. The number of fused-ring (bicyclic) bond motifs is 1. The average Bonchev–Trinajstić information content (AvgIpc) is 2.20. The van der Waals surface area contributed by atoms with Gasteiger partial charge in [0.05, 0.1) is 0 Å². The SMILES string of the molecule is Cc1cc2ccc(=O)n(C(C)C)c2nc1C. The number of hydrogen-bond donors (Lipinski definition) is 0. The molecule has 0 aliphatic heterocycles. The fourth-order valence-electron chi connectivity index (χ4n) is 1.87. The lowest BCUT2D eigenvalue weighted by Gasteiger charge is -2.13. The van der Waals surface area contributed by atoms with Crippen molar-refractivity contribution < 1.29 is 0 Å². The Labute approximate surface area is 94.7 Å². The normalized spacial score (nSPS) is 11.3. The number of nitrogens with zero attached hydrogens (tertiary/aromatic N) is 2. The molecule has 2 heterocycles. The maximum absolute atomic E-state index is 11.8. The maximum Gasteiger partial charge on any atom is 0.252 e. The number of hydrogen-bond acceptors (Lipinski definition) is 2. The van der Waals surface area contributed by atoms with E-state index in [1.807, 2.05) is 33.8 Å². The number of rotatable bonds is 1. The van der Waals surface area contributed by atoms with Gasteiger partial charge >= 0.3 is 0 Å². The van der Waals surface area contributed by atoms with E-state index in [9.17, 15) is 4.79 Å². The van der Waals surface area contributed by atoms with Crippen molar-refractivity contribution in [2.45, 2.75) is 33.7 Å². The summed E-state index contributed by atoms with van der Waals surface area (Å²) in [7, 11) is 0. The molecule has 2 aromatic rings. The van der Waals surface area contributed by atoms with Gasteiger partial charge in [0.2, 0.25) is 0 Å². The number of aryl methyl sites for hydroxylation is 2. The summed E-state index contributed by atoms with van der Waals surface area (Å²) in [5.41, 5.74) is 2.93. The molecule has 2 aromatic heterocycles. The third-order valence-corrected chi connectivity index (χ3v) is 2.86. The van der Waals surface area contributed by atoms with Crippen LogP contribution < -0.4 is 5.56 Å². The average molecular weight is 216 g/mol. The Bertz CT molecular complexity index is 597. The Hall–Kier alpha value is -1.64. The fourth-order valence-corrected chi connectivity index (χ4v) is 1.87. The minimum Gasteiger partial charge on any atom is -0.290 e. The molecule has 3 heteroatoms. The second kappa shape index (κ2) is 3.74. The van der Waals surface area contributed by atoms with Gasteiger partial charge in [-0.05, 0) is 45.4 Å². The summed E-state index contributed by atoms with van der Waals surface area (Å²) in [5.74, 6) is 0. The Balaban J connectivity index is 2.92. The molecule has 0 aliphatic rings. The summed E-state index contributed by atoms with van der Waals surface area (Å²) >= 11 is 0. The molecule has 84 valence electrons. The second-order valence-electron chi connectivity index (χ2n) is 4.44. The molecule has 0 bridgehead atoms. The Morgan fingerprint density at radius 2 is 1.94 bits per heavy atom. The van der Waals surface area contributed by atoms with Crippen molar-refractivity contribution >= 4 is 11.0 Å². The summed E-state index contributed by atoms with van der Waals surface area (Å²) in [6.07, 6.45) is 0. The van der Waals surface area contributed by atoms with Gasteiger partial charge in [-0.25, -0.2) is 4.98 Å². The van der Waals surface area contributed by atoms with Crippen molar-refractivity contribution in [3.8, 4) is 0 Å². The first-order valence-electron chi connectivity index (χ1n) is 5.50. The molecule has 0 atom stereocenters. The van der Waals surface area contributed by atoms with E-state index in [1.165, 1.54) is 0 Å². The van der Waals surface area contributed by atoms with Crippen LogP contribution in [0.4, 0.5) is 0 Å². The van der Waals surface area contributed by atoms with Crippen LogP contribution in [0.25, 0.3) is 11.0 Å². The summed E-state index contributed by atoms with van der Waals surface area (Å²) < 4.78 is 1.74. The van der Waals surface area contributed by atoms with Crippen molar-refractivity contribution in [2.75, 3.05) is 0 Å². The lowest BCUT2D eigenvalue weighted by Crippen LogP contribution is -2.22. The molecule has 0 saturated heterocycles. The molecule has 0 spiro atoms. The molecule has 0 amide bonds. The summed E-state index contributed by atoms with van der Waals surface area (Å²) in [4.78, 5) is 16.3. The zero-order valence-corrected chi connectivity index (χ0v) is 10.1. The quantitative estimate of drug-likeness (QED) is 0.734. The maximum atomic E-state index is 11.8. The van der Waals surface area contributed by atoms with Crippen LogP contribution in [0.3, 0.4) is 0 Å². The second-order valence-corrected chi connectivity index (χ2v) is 4.44. The highest BCUT2D eigenvalue weighted by atomic mass is 16.1. The van der Waals surface area contributed by atoms with Gasteiger partial charge in [0, 0.05) is 23.2 Å². The minimum atomic E-state index is 0.0123. The van der Waals surface area contributed by atoms with Gasteiger partial charge < -0.3 is 0 Å². The van der Waals surface area contributed by atoms with Gasteiger partial charge in [-0.3, -0.25) is 9.36 Å². The monoisotopic (exact) mass is 216 g/mol. The Kier molecular flexibility index (Phi) is 2.54. The minimum absolute atomic E-state index is 0.0123. The van der Waals surface area contributed by atoms with Crippen LogP contribution in [0.1, 0.15) is 31.1 Å². The van der Waals surface area contributed by atoms with E-state index in [0.717, 1.165) is 22.3 Å². The molecule has 0 radical (unpaired) electrons. The molecule has 0 aliphatic carbocycles. The molecule has 3 nitrogen and oxygen atoms in total. The van der Waals surface area contributed by atoms with Gasteiger partial charge in [0.1, 0.15) is 5.65 Å². The van der Waals surface area contributed by atoms with Crippen LogP contribution in [-0.2, 0) is 0 Å². The molecule has 0 unspecified atom stereocenters. The third-order valence-electron chi connectivity index (χ3n) is 2.86. The van der Waals surface area contributed by atoms with Crippen LogP contribution in [0.15, 0.2) is 23.0 Å². The molecule has 16 heavy (non-hydrogen) atoms. The van der Waals surface area contributed by atoms with Crippen molar-refractivity contribution in [1.82, 2.24) is 9.55 Å². The van der Waals surface area contributed by atoms with E-state index in [1.54, 1.807) is 10.6 Å². The highest BCUT2D eigenvalue weighted by Gasteiger charge is 2.08. The summed E-state index contributed by atoms with van der Waals surface area (Å²) in [5, 5.41) is 1.02. The van der Waals surface area contributed by atoms with Crippen molar-refractivity contribution in [2.24, 2.45) is 0 Å². The summed E-state index contributed by atoms with van der Waals surface area (Å²) in [6, 6.07) is 5.66. The molecule has 2 rings (SSSR count). The van der Waals surface area contributed by atoms with E-state index < -0.39 is 0 Å². The standard InChI is InChI=1S/C13H16N2O/c1-8(2)15-12(16)6-5-11-7-9(3)10(4)14-13(11)15/h5-8H,1-4H3. The fraction of sp³-hybridized carbons (Fsp3) is 0.385. The van der Waals surface area contributed by atoms with Crippen LogP contribution in [-0.4, -0.2) is 9.55 Å². The van der Waals surface area contributed by atoms with Crippen LogP contribution in [0, 0.1) is 13.8 Å². The predicted octanol–water partition coefficient (Wildman–Crippen LogP) is 2.59. The first-order valence-corrected chi connectivity index (χ1v) is 5.50. The first kappa shape index (κ1) is 10.9. The molecular weight excluding hydrogens is 200 g/mol. The molecule has 0 fully saturated rings. The summed E-state index contributed by atoms with van der Waals surface area (Å²) in [6.45, 7) is 8.00. The van der Waals surface area contributed by atoms with E-state index in [2.05, 4.69) is 11.1 Å². The first-order chi connectivity index (χ1) is 7.50. The van der Waals surface area contributed by atoms with Crippen molar-refractivity contribution in [3.05, 3.63) is 39.8 Å². The van der Waals surface area contributed by atoms with Crippen molar-refractivity contribution in [3.63, 3.8) is 0 Å². The van der Waals surface area contributed by atoms with E-state index in [0.29, 0.717) is 0 Å². The van der Waals surface area contributed by atoms with Crippen molar-refractivity contribution in [1.29, 1.82) is 0 Å². The van der Waals surface area contributed by atoms with E-state index in [-0.39, 0.29) is 11.6 Å². The highest BCUT2D eigenvalue weighted by molar-refractivity contribution is 5.76. The van der Waals surface area contributed by atoms with E-state index >= 15 is 0 Å². The van der Waals surface area contributed by atoms with Crippen LogP contribution in [0.2, 0.25) is 0 Å². The number of aromatic nitrogens is 2. The molecule has 0 aromatic carbocycles. The van der Waals surface area contributed by atoms with Gasteiger partial charge in [0.15, 0.2) is 0 Å². The van der Waals surface area contributed by atoms with Gasteiger partial charge in [-0.2, -0.15) is 0 Å². The largest absolute Gasteiger partial charge is 0.290 e. The zero-order chi connectivity index (χ0) is 11.9. The molecule has 0 N–H and O–H groups in total. The topological polar surface area (TPSA) is 34.9 Å². The van der Waals surface area contributed by atoms with E-state index in [4.69, 9.17) is 0 Å². The Morgan fingerprint density at radius 1 is 1.25 bits per heavy atom. The van der Waals surface area contributed by atoms with Crippen LogP contribution >= 0.6 is 0 Å². The lowest BCUT2D eigenvalue weighted by atomic mass is 10.1. The van der Waals surface area contributed by atoms with Crippen LogP contribution in [0.5, 0.6) is 0 Å². The highest BCUT2D eigenvalue weighted by Crippen LogP contribution is 2.16. The molecular formula is C13H16N2O. The van der Waals surface area contributed by atoms with Gasteiger partial charge in [-0.15, -0.1) is 0 Å². The molecule has 0 saturated carbocycles. The smallest absolute Gasteiger partial charge is 0.252 e. The van der Waals surface area contributed by atoms with Gasteiger partial charge in [-0.1, -0.05) is 0 Å². The van der Waals surface area contributed by atoms with Gasteiger partial charge in [0.25, 0.3) is 5.56 Å². The third kappa shape index (κ3) is 1.62. The predicted molar refractivity (Wildman–Crippen MR) is 65.9 cm³/mol. The zero-order valence-electron chi connectivity index (χ0n) is 10.1. The lowest BCUT2D eigenvalue weighted by molar-refractivity contribution is 0.595.